The van der Waals surface area contributed by atoms with E-state index in [0.29, 0.717) is 11.3 Å². The van der Waals surface area contributed by atoms with E-state index in [2.05, 4.69) is 15.5 Å². The van der Waals surface area contributed by atoms with Gasteiger partial charge >= 0.3 is 6.18 Å². The highest BCUT2D eigenvalue weighted by Crippen LogP contribution is 2.36. The molecule has 108 valence electrons. The average molecular weight is 292 g/mol. The maximum absolute atomic E-state index is 12.9. The van der Waals surface area contributed by atoms with E-state index in [4.69, 9.17) is 5.26 Å². The summed E-state index contributed by atoms with van der Waals surface area (Å²) in [5.41, 5.74) is 0.327. The predicted octanol–water partition coefficient (Wildman–Crippen LogP) is 3.73. The van der Waals surface area contributed by atoms with Gasteiger partial charge in [0.2, 0.25) is 0 Å². The monoisotopic (exact) mass is 292 g/mol. The van der Waals surface area contributed by atoms with Gasteiger partial charge in [0, 0.05) is 0 Å². The van der Waals surface area contributed by atoms with Gasteiger partial charge in [-0.3, -0.25) is 0 Å². The summed E-state index contributed by atoms with van der Waals surface area (Å²) in [5, 5.41) is 19.3. The number of anilines is 2. The van der Waals surface area contributed by atoms with E-state index < -0.39 is 11.7 Å². The minimum absolute atomic E-state index is 0.0114. The minimum Gasteiger partial charge on any atom is -0.337 e. The number of halogens is 3. The summed E-state index contributed by atoms with van der Waals surface area (Å²) in [6.07, 6.45) is -4.50. The molecular weight excluding hydrogens is 281 g/mol. The summed E-state index contributed by atoms with van der Waals surface area (Å²) in [6, 6.07) is 6.94. The Morgan fingerprint density at radius 2 is 1.81 bits per heavy atom. The molecule has 0 saturated carbocycles. The molecule has 0 aliphatic carbocycles. The first kappa shape index (κ1) is 14.8. The van der Waals surface area contributed by atoms with Gasteiger partial charge in [-0.05, 0) is 31.5 Å². The molecule has 0 aliphatic heterocycles. The normalized spacial score (nSPS) is 11.0. The van der Waals surface area contributed by atoms with Crippen molar-refractivity contribution in [1.29, 1.82) is 5.26 Å². The Bertz CT molecular complexity index is 717. The van der Waals surface area contributed by atoms with E-state index in [0.717, 1.165) is 6.07 Å². The number of nitriles is 1. The summed E-state index contributed by atoms with van der Waals surface area (Å²) in [5.74, 6) is 0.0114. The lowest BCUT2D eigenvalue weighted by Crippen LogP contribution is -2.10. The molecule has 1 N–H and O–H groups in total. The van der Waals surface area contributed by atoms with Crippen LogP contribution in [0.25, 0.3) is 0 Å². The number of nitrogens with one attached hydrogen (secondary N) is 1. The zero-order valence-corrected chi connectivity index (χ0v) is 11.3. The Morgan fingerprint density at radius 3 is 2.43 bits per heavy atom. The third-order valence-electron chi connectivity index (χ3n) is 3.05. The third-order valence-corrected chi connectivity index (χ3v) is 3.05. The van der Waals surface area contributed by atoms with Crippen molar-refractivity contribution >= 4 is 11.5 Å². The van der Waals surface area contributed by atoms with Gasteiger partial charge in [0.15, 0.2) is 5.82 Å². The van der Waals surface area contributed by atoms with Crippen molar-refractivity contribution < 1.29 is 13.2 Å². The Morgan fingerprint density at radius 1 is 1.14 bits per heavy atom. The van der Waals surface area contributed by atoms with Crippen LogP contribution in [-0.2, 0) is 6.18 Å². The summed E-state index contributed by atoms with van der Waals surface area (Å²) in [6.45, 7) is 3.35. The lowest BCUT2D eigenvalue weighted by Gasteiger charge is -2.15. The summed E-state index contributed by atoms with van der Waals surface area (Å²) >= 11 is 0. The van der Waals surface area contributed by atoms with Crippen molar-refractivity contribution in [3.05, 3.63) is 46.6 Å². The van der Waals surface area contributed by atoms with E-state index in [1.165, 1.54) is 18.2 Å². The summed E-state index contributed by atoms with van der Waals surface area (Å²) in [7, 11) is 0. The van der Waals surface area contributed by atoms with Crippen molar-refractivity contribution in [3.8, 4) is 6.07 Å². The number of aryl methyl sites for hydroxylation is 1. The molecule has 0 radical (unpaired) electrons. The van der Waals surface area contributed by atoms with Gasteiger partial charge in [-0.2, -0.15) is 23.5 Å². The number of para-hydroxylation sites is 1. The molecule has 1 aromatic carbocycles. The maximum atomic E-state index is 12.9. The Hall–Kier alpha value is -2.62. The van der Waals surface area contributed by atoms with Gasteiger partial charge in [0.25, 0.3) is 0 Å². The minimum atomic E-state index is -4.50. The highest BCUT2D eigenvalue weighted by Gasteiger charge is 2.33. The quantitative estimate of drug-likeness (QED) is 0.916. The van der Waals surface area contributed by atoms with Crippen LogP contribution in [0.3, 0.4) is 0 Å². The van der Waals surface area contributed by atoms with Crippen molar-refractivity contribution in [3.63, 3.8) is 0 Å². The molecule has 0 aliphatic rings. The summed E-state index contributed by atoms with van der Waals surface area (Å²) in [4.78, 5) is 0. The zero-order valence-electron chi connectivity index (χ0n) is 11.3. The lowest BCUT2D eigenvalue weighted by molar-refractivity contribution is -0.136. The average Bonchev–Trinajstić information content (AvgIpc) is 2.43. The molecule has 0 bridgehead atoms. The first-order valence-corrected chi connectivity index (χ1v) is 6.02. The molecule has 4 nitrogen and oxygen atoms in total. The molecule has 0 fully saturated rings. The van der Waals surface area contributed by atoms with E-state index in [-0.39, 0.29) is 17.1 Å². The van der Waals surface area contributed by atoms with E-state index in [9.17, 15) is 13.2 Å². The SMILES string of the molecule is Cc1nnc(Nc2ccccc2C(F)(F)F)c(C#N)c1C. The van der Waals surface area contributed by atoms with Crippen LogP contribution in [0.15, 0.2) is 24.3 Å². The first-order chi connectivity index (χ1) is 9.84. The number of aromatic nitrogens is 2. The molecule has 0 spiro atoms. The predicted molar refractivity (Wildman–Crippen MR) is 70.9 cm³/mol. The van der Waals surface area contributed by atoms with Crippen molar-refractivity contribution in [2.75, 3.05) is 5.32 Å². The van der Waals surface area contributed by atoms with Gasteiger partial charge in [0.1, 0.15) is 11.6 Å². The molecular formula is C14H11F3N4. The first-order valence-electron chi connectivity index (χ1n) is 6.02. The Balaban J connectivity index is 2.50. The van der Waals surface area contributed by atoms with E-state index >= 15 is 0 Å². The molecule has 0 unspecified atom stereocenters. The van der Waals surface area contributed by atoms with Crippen LogP contribution < -0.4 is 5.32 Å². The number of hydrogen-bond acceptors (Lipinski definition) is 4. The fourth-order valence-corrected chi connectivity index (χ4v) is 1.80. The van der Waals surface area contributed by atoms with Crippen molar-refractivity contribution in [2.45, 2.75) is 20.0 Å². The van der Waals surface area contributed by atoms with Gasteiger partial charge < -0.3 is 5.32 Å². The van der Waals surface area contributed by atoms with Crippen LogP contribution in [0.2, 0.25) is 0 Å². The van der Waals surface area contributed by atoms with Gasteiger partial charge in [0.05, 0.1) is 16.9 Å². The van der Waals surface area contributed by atoms with Gasteiger partial charge in [-0.15, -0.1) is 5.10 Å². The largest absolute Gasteiger partial charge is 0.418 e. The Kier molecular flexibility index (Phi) is 3.80. The second-order valence-electron chi connectivity index (χ2n) is 4.41. The fourth-order valence-electron chi connectivity index (χ4n) is 1.80. The number of alkyl halides is 3. The number of benzene rings is 1. The molecule has 2 aromatic rings. The van der Waals surface area contributed by atoms with E-state index in [1.807, 2.05) is 6.07 Å². The molecule has 7 heteroatoms. The molecule has 1 aromatic heterocycles. The number of nitrogens with zero attached hydrogens (tertiary/aromatic N) is 3. The zero-order chi connectivity index (χ0) is 15.6. The molecule has 2 rings (SSSR count). The lowest BCUT2D eigenvalue weighted by atomic mass is 10.1. The molecule has 0 atom stereocenters. The number of rotatable bonds is 2. The molecule has 21 heavy (non-hydrogen) atoms. The van der Waals surface area contributed by atoms with Crippen LogP contribution in [-0.4, -0.2) is 10.2 Å². The van der Waals surface area contributed by atoms with Gasteiger partial charge in [-0.1, -0.05) is 12.1 Å². The maximum Gasteiger partial charge on any atom is 0.418 e. The van der Waals surface area contributed by atoms with E-state index in [1.54, 1.807) is 13.8 Å². The second-order valence-corrected chi connectivity index (χ2v) is 4.41. The fraction of sp³-hybridized carbons (Fsp3) is 0.214. The highest BCUT2D eigenvalue weighted by molar-refractivity contribution is 5.67. The van der Waals surface area contributed by atoms with Crippen LogP contribution in [0.4, 0.5) is 24.7 Å². The number of hydrogen-bond donors (Lipinski definition) is 1. The van der Waals surface area contributed by atoms with Crippen LogP contribution in [0, 0.1) is 25.2 Å². The third kappa shape index (κ3) is 2.94. The Labute approximate surface area is 119 Å². The smallest absolute Gasteiger partial charge is 0.337 e. The molecule has 1 heterocycles. The second kappa shape index (κ2) is 5.40. The highest BCUT2D eigenvalue weighted by atomic mass is 19.4. The van der Waals surface area contributed by atoms with Crippen LogP contribution >= 0.6 is 0 Å². The topological polar surface area (TPSA) is 61.6 Å². The van der Waals surface area contributed by atoms with Gasteiger partial charge in [-0.25, -0.2) is 0 Å². The molecule has 0 amide bonds. The van der Waals surface area contributed by atoms with Crippen molar-refractivity contribution in [2.24, 2.45) is 0 Å². The summed E-state index contributed by atoms with van der Waals surface area (Å²) < 4.78 is 38.8. The molecule has 0 saturated heterocycles. The standard InChI is InChI=1S/C14H11F3N4/c1-8-9(2)20-21-13(10(8)7-18)19-12-6-4-3-5-11(12)14(15,16)17/h3-6H,1-2H3,(H,19,21). The van der Waals surface area contributed by atoms with Crippen LogP contribution in [0.1, 0.15) is 22.4 Å². The van der Waals surface area contributed by atoms with Crippen LogP contribution in [0.5, 0.6) is 0 Å². The van der Waals surface area contributed by atoms with Crippen molar-refractivity contribution in [1.82, 2.24) is 10.2 Å².